The largest absolute Gasteiger partial charge is 0.457 e. The zero-order valence-corrected chi connectivity index (χ0v) is 17.2. The molecule has 0 aromatic heterocycles. The van der Waals surface area contributed by atoms with Gasteiger partial charge >= 0.3 is 0 Å². The molecule has 1 atom stereocenters. The Labute approximate surface area is 181 Å². The van der Waals surface area contributed by atoms with Gasteiger partial charge in [-0.3, -0.25) is 4.79 Å². The molecule has 3 aromatic carbocycles. The summed E-state index contributed by atoms with van der Waals surface area (Å²) in [5.41, 5.74) is 1.53. The Morgan fingerprint density at radius 1 is 0.968 bits per heavy atom. The number of halogens is 1. The van der Waals surface area contributed by atoms with E-state index >= 15 is 0 Å². The number of nitrogens with one attached hydrogen (secondary N) is 2. The standard InChI is InChI=1S/C25H25FN2O3/c26-21-11-9-19(10-12-21)24(28-13-15-30-16-14-28)18-27-25(29)20-5-4-8-23(17-20)31-22-6-2-1-3-7-22/h1-12,17,24H,13-16,18H2,(H,27,29)/p+1/t24-/m0/s1. The van der Waals surface area contributed by atoms with E-state index in [1.54, 1.807) is 30.3 Å². The maximum absolute atomic E-state index is 13.4. The molecule has 0 bridgehead atoms. The quantitative estimate of drug-likeness (QED) is 0.617. The third kappa shape index (κ3) is 5.69. The molecule has 0 aliphatic carbocycles. The van der Waals surface area contributed by atoms with E-state index in [4.69, 9.17) is 9.47 Å². The van der Waals surface area contributed by atoms with Crippen molar-refractivity contribution in [1.82, 2.24) is 5.32 Å². The number of benzene rings is 3. The van der Waals surface area contributed by atoms with Gasteiger partial charge < -0.3 is 19.7 Å². The van der Waals surface area contributed by atoms with Gasteiger partial charge in [0.2, 0.25) is 0 Å². The average Bonchev–Trinajstić information content (AvgIpc) is 2.82. The minimum absolute atomic E-state index is 0.0252. The number of para-hydroxylation sites is 1. The number of morpholine rings is 1. The lowest BCUT2D eigenvalue weighted by Gasteiger charge is -2.32. The Kier molecular flexibility index (Phi) is 6.92. The smallest absolute Gasteiger partial charge is 0.251 e. The van der Waals surface area contributed by atoms with Crippen LogP contribution in [0.15, 0.2) is 78.9 Å². The molecule has 1 fully saturated rings. The molecule has 5 nitrogen and oxygen atoms in total. The summed E-state index contributed by atoms with van der Waals surface area (Å²) in [5, 5.41) is 3.05. The fourth-order valence-electron chi connectivity index (χ4n) is 3.80. The second kappa shape index (κ2) is 10.2. The van der Waals surface area contributed by atoms with Crippen LogP contribution in [0.25, 0.3) is 0 Å². The lowest BCUT2D eigenvalue weighted by atomic mass is 10.0. The Morgan fingerprint density at radius 3 is 2.42 bits per heavy atom. The monoisotopic (exact) mass is 421 g/mol. The van der Waals surface area contributed by atoms with Crippen molar-refractivity contribution in [3.63, 3.8) is 0 Å². The van der Waals surface area contributed by atoms with E-state index in [0.29, 0.717) is 36.8 Å². The second-order valence-corrected chi connectivity index (χ2v) is 7.53. The first-order chi connectivity index (χ1) is 15.2. The number of quaternary nitrogens is 1. The van der Waals surface area contributed by atoms with Crippen LogP contribution >= 0.6 is 0 Å². The van der Waals surface area contributed by atoms with E-state index in [2.05, 4.69) is 5.32 Å². The zero-order valence-electron chi connectivity index (χ0n) is 17.2. The van der Waals surface area contributed by atoms with Crippen LogP contribution in [0.5, 0.6) is 11.5 Å². The van der Waals surface area contributed by atoms with Gasteiger partial charge in [-0.1, -0.05) is 36.4 Å². The molecule has 3 aromatic rings. The Balaban J connectivity index is 1.45. The molecular weight excluding hydrogens is 395 g/mol. The summed E-state index contributed by atoms with van der Waals surface area (Å²) in [7, 11) is 0. The first-order valence-electron chi connectivity index (χ1n) is 10.5. The molecule has 0 radical (unpaired) electrons. The number of amides is 1. The summed E-state index contributed by atoms with van der Waals surface area (Å²) < 4.78 is 24.7. The van der Waals surface area contributed by atoms with Gasteiger partial charge in [0.05, 0.1) is 19.8 Å². The fourth-order valence-corrected chi connectivity index (χ4v) is 3.80. The summed E-state index contributed by atoms with van der Waals surface area (Å²) in [6.07, 6.45) is 0. The molecule has 0 unspecified atom stereocenters. The van der Waals surface area contributed by atoms with Gasteiger partial charge in [0, 0.05) is 11.1 Å². The molecule has 1 aliphatic rings. The minimum atomic E-state index is -0.265. The van der Waals surface area contributed by atoms with Gasteiger partial charge in [0.15, 0.2) is 0 Å². The minimum Gasteiger partial charge on any atom is -0.457 e. The Morgan fingerprint density at radius 2 is 1.68 bits per heavy atom. The topological polar surface area (TPSA) is 52.0 Å². The highest BCUT2D eigenvalue weighted by Crippen LogP contribution is 2.22. The SMILES string of the molecule is O=C(NC[C@@H](c1ccc(F)cc1)[NH+]1CCOCC1)c1cccc(Oc2ccccc2)c1. The van der Waals surface area contributed by atoms with E-state index < -0.39 is 0 Å². The number of carbonyl (C=O) groups is 1. The van der Waals surface area contributed by atoms with Crippen molar-refractivity contribution in [2.75, 3.05) is 32.8 Å². The van der Waals surface area contributed by atoms with Crippen LogP contribution < -0.4 is 15.0 Å². The lowest BCUT2D eigenvalue weighted by Crippen LogP contribution is -3.15. The molecule has 6 heteroatoms. The van der Waals surface area contributed by atoms with E-state index in [9.17, 15) is 9.18 Å². The zero-order chi connectivity index (χ0) is 21.5. The predicted octanol–water partition coefficient (Wildman–Crippen LogP) is 3.00. The van der Waals surface area contributed by atoms with Crippen LogP contribution in [0.3, 0.4) is 0 Å². The van der Waals surface area contributed by atoms with Crippen LogP contribution in [-0.2, 0) is 4.74 Å². The van der Waals surface area contributed by atoms with Crippen LogP contribution in [0.1, 0.15) is 22.0 Å². The first kappa shape index (κ1) is 21.0. The summed E-state index contributed by atoms with van der Waals surface area (Å²) in [6.45, 7) is 3.50. The molecule has 1 amide bonds. The van der Waals surface area contributed by atoms with Gasteiger partial charge in [-0.2, -0.15) is 0 Å². The molecule has 0 saturated carbocycles. The maximum atomic E-state index is 13.4. The second-order valence-electron chi connectivity index (χ2n) is 7.53. The van der Waals surface area contributed by atoms with Crippen molar-refractivity contribution in [3.8, 4) is 11.5 Å². The summed E-state index contributed by atoms with van der Waals surface area (Å²) in [5.74, 6) is 0.886. The van der Waals surface area contributed by atoms with E-state index in [1.807, 2.05) is 36.4 Å². The van der Waals surface area contributed by atoms with Crippen molar-refractivity contribution in [2.24, 2.45) is 0 Å². The normalized spacial score (nSPS) is 15.3. The van der Waals surface area contributed by atoms with Crippen LogP contribution in [0.4, 0.5) is 4.39 Å². The number of rotatable bonds is 7. The predicted molar refractivity (Wildman–Crippen MR) is 116 cm³/mol. The van der Waals surface area contributed by atoms with Crippen molar-refractivity contribution < 1.29 is 23.6 Å². The van der Waals surface area contributed by atoms with Gasteiger partial charge in [0.1, 0.15) is 36.4 Å². The molecule has 1 aliphatic heterocycles. The van der Waals surface area contributed by atoms with E-state index in [1.165, 1.54) is 17.0 Å². The first-order valence-corrected chi connectivity index (χ1v) is 10.5. The fraction of sp³-hybridized carbons (Fsp3) is 0.240. The molecule has 1 heterocycles. The van der Waals surface area contributed by atoms with Crippen LogP contribution in [0.2, 0.25) is 0 Å². The highest BCUT2D eigenvalue weighted by molar-refractivity contribution is 5.94. The lowest BCUT2D eigenvalue weighted by molar-refractivity contribution is -0.937. The summed E-state index contributed by atoms with van der Waals surface area (Å²) in [4.78, 5) is 14.2. The van der Waals surface area contributed by atoms with Crippen LogP contribution in [-0.4, -0.2) is 38.8 Å². The van der Waals surface area contributed by atoms with Gasteiger partial charge in [0.25, 0.3) is 5.91 Å². The average molecular weight is 421 g/mol. The van der Waals surface area contributed by atoms with Gasteiger partial charge in [-0.25, -0.2) is 4.39 Å². The molecule has 31 heavy (non-hydrogen) atoms. The van der Waals surface area contributed by atoms with Crippen molar-refractivity contribution in [1.29, 1.82) is 0 Å². The summed E-state index contributed by atoms with van der Waals surface area (Å²) >= 11 is 0. The van der Waals surface area contributed by atoms with E-state index in [0.717, 1.165) is 18.7 Å². The molecule has 1 saturated heterocycles. The van der Waals surface area contributed by atoms with Crippen LogP contribution in [0, 0.1) is 5.82 Å². The highest BCUT2D eigenvalue weighted by atomic mass is 19.1. The van der Waals surface area contributed by atoms with Crippen molar-refractivity contribution >= 4 is 5.91 Å². The number of carbonyl (C=O) groups excluding carboxylic acids is 1. The van der Waals surface area contributed by atoms with Gasteiger partial charge in [-0.15, -0.1) is 0 Å². The molecular formula is C25H26FN2O3+. The third-order valence-electron chi connectivity index (χ3n) is 5.44. The number of hydrogen-bond donors (Lipinski definition) is 2. The van der Waals surface area contributed by atoms with Crippen molar-refractivity contribution in [2.45, 2.75) is 6.04 Å². The van der Waals surface area contributed by atoms with Gasteiger partial charge in [-0.05, 0) is 42.5 Å². The number of hydrogen-bond acceptors (Lipinski definition) is 3. The molecule has 4 rings (SSSR count). The Hall–Kier alpha value is -3.22. The maximum Gasteiger partial charge on any atom is 0.251 e. The molecule has 160 valence electrons. The number of ether oxygens (including phenoxy) is 2. The van der Waals surface area contributed by atoms with Crippen molar-refractivity contribution in [3.05, 3.63) is 95.8 Å². The Bertz CT molecular complexity index is 989. The molecule has 0 spiro atoms. The highest BCUT2D eigenvalue weighted by Gasteiger charge is 2.27. The molecule has 2 N–H and O–H groups in total. The van der Waals surface area contributed by atoms with E-state index in [-0.39, 0.29) is 17.8 Å². The third-order valence-corrected chi connectivity index (χ3v) is 5.44. The summed E-state index contributed by atoms with van der Waals surface area (Å²) in [6, 6.07) is 23.1.